The Morgan fingerprint density at radius 3 is 2.38 bits per heavy atom. The van der Waals surface area contributed by atoms with Gasteiger partial charge in [0.05, 0.1) is 7.11 Å². The van der Waals surface area contributed by atoms with Crippen LogP contribution in [0.3, 0.4) is 0 Å². The number of carbonyl (C=O) groups excluding carboxylic acids is 1. The van der Waals surface area contributed by atoms with Gasteiger partial charge in [0.2, 0.25) is 0 Å². The highest BCUT2D eigenvalue weighted by atomic mass is 16.5. The van der Waals surface area contributed by atoms with Crippen LogP contribution in [0, 0.1) is 0 Å². The van der Waals surface area contributed by atoms with Crippen LogP contribution in [0.15, 0.2) is 0 Å². The Labute approximate surface area is 99.9 Å². The maximum absolute atomic E-state index is 11.7. The number of ether oxygens (including phenoxy) is 1. The second kappa shape index (κ2) is 8.57. The summed E-state index contributed by atoms with van der Waals surface area (Å²) in [4.78, 5) is 11.7. The molecule has 0 radical (unpaired) electrons. The third kappa shape index (κ3) is 5.50. The van der Waals surface area contributed by atoms with Crippen molar-refractivity contribution in [2.75, 3.05) is 13.7 Å². The van der Waals surface area contributed by atoms with E-state index in [1.54, 1.807) is 0 Å². The van der Waals surface area contributed by atoms with Crippen LogP contribution >= 0.6 is 0 Å². The largest absolute Gasteiger partial charge is 0.468 e. The van der Waals surface area contributed by atoms with Crippen molar-refractivity contribution in [1.82, 2.24) is 5.32 Å². The SMILES string of the molecule is CCCCCCC(C)(NCCC)C(=O)OC. The van der Waals surface area contributed by atoms with Crippen LogP contribution in [0.25, 0.3) is 0 Å². The zero-order valence-corrected chi connectivity index (χ0v) is 11.3. The highest BCUT2D eigenvalue weighted by Crippen LogP contribution is 2.17. The average Bonchev–Trinajstić information content (AvgIpc) is 2.31. The van der Waals surface area contributed by atoms with E-state index < -0.39 is 5.54 Å². The predicted octanol–water partition coefficient (Wildman–Crippen LogP) is 2.89. The van der Waals surface area contributed by atoms with E-state index in [1.807, 2.05) is 6.92 Å². The number of hydrogen-bond donors (Lipinski definition) is 1. The lowest BCUT2D eigenvalue weighted by Crippen LogP contribution is -2.50. The number of rotatable bonds is 9. The van der Waals surface area contributed by atoms with Gasteiger partial charge in [-0.05, 0) is 26.3 Å². The standard InChI is InChI=1S/C13H27NO2/c1-5-7-8-9-10-13(3,12(15)16-4)14-11-6-2/h14H,5-11H2,1-4H3. The van der Waals surface area contributed by atoms with Gasteiger partial charge < -0.3 is 10.1 Å². The van der Waals surface area contributed by atoms with E-state index in [0.717, 1.165) is 25.8 Å². The molecule has 0 saturated carbocycles. The van der Waals surface area contributed by atoms with Crippen LogP contribution in [0.1, 0.15) is 59.3 Å². The molecular weight excluding hydrogens is 202 g/mol. The van der Waals surface area contributed by atoms with Gasteiger partial charge in [0.25, 0.3) is 0 Å². The first-order valence-corrected chi connectivity index (χ1v) is 6.44. The van der Waals surface area contributed by atoms with Gasteiger partial charge in [0, 0.05) is 0 Å². The molecular formula is C13H27NO2. The summed E-state index contributed by atoms with van der Waals surface area (Å²) in [7, 11) is 1.46. The van der Waals surface area contributed by atoms with Crippen LogP contribution in [-0.4, -0.2) is 25.2 Å². The summed E-state index contributed by atoms with van der Waals surface area (Å²) in [5.74, 6) is -0.141. The molecule has 0 aromatic carbocycles. The van der Waals surface area contributed by atoms with Gasteiger partial charge >= 0.3 is 5.97 Å². The van der Waals surface area contributed by atoms with Crippen LogP contribution in [0.5, 0.6) is 0 Å². The molecule has 0 rings (SSSR count). The monoisotopic (exact) mass is 229 g/mol. The maximum atomic E-state index is 11.7. The molecule has 0 aromatic heterocycles. The number of methoxy groups -OCH3 is 1. The molecule has 0 saturated heterocycles. The molecule has 1 unspecified atom stereocenters. The molecule has 0 aliphatic rings. The fourth-order valence-electron chi connectivity index (χ4n) is 1.79. The van der Waals surface area contributed by atoms with Crippen molar-refractivity contribution in [3.63, 3.8) is 0 Å². The number of esters is 1. The number of carbonyl (C=O) groups is 1. The van der Waals surface area contributed by atoms with Gasteiger partial charge in [-0.1, -0.05) is 39.5 Å². The maximum Gasteiger partial charge on any atom is 0.325 e. The summed E-state index contributed by atoms with van der Waals surface area (Å²) >= 11 is 0. The van der Waals surface area contributed by atoms with Gasteiger partial charge in [-0.25, -0.2) is 0 Å². The molecule has 3 nitrogen and oxygen atoms in total. The highest BCUT2D eigenvalue weighted by Gasteiger charge is 2.32. The lowest BCUT2D eigenvalue weighted by atomic mass is 9.94. The molecule has 16 heavy (non-hydrogen) atoms. The van der Waals surface area contributed by atoms with Gasteiger partial charge in [-0.15, -0.1) is 0 Å². The summed E-state index contributed by atoms with van der Waals surface area (Å²) in [6.07, 6.45) is 6.62. The van der Waals surface area contributed by atoms with Crippen molar-refractivity contribution in [2.45, 2.75) is 64.8 Å². The molecule has 0 aliphatic carbocycles. The molecule has 3 heteroatoms. The predicted molar refractivity (Wildman–Crippen MR) is 67.5 cm³/mol. The van der Waals surface area contributed by atoms with Crippen molar-refractivity contribution >= 4 is 5.97 Å². The van der Waals surface area contributed by atoms with E-state index in [2.05, 4.69) is 19.2 Å². The summed E-state index contributed by atoms with van der Waals surface area (Å²) in [6.45, 7) is 7.09. The first kappa shape index (κ1) is 15.4. The molecule has 1 N–H and O–H groups in total. The Hall–Kier alpha value is -0.570. The van der Waals surface area contributed by atoms with Crippen molar-refractivity contribution in [1.29, 1.82) is 0 Å². The average molecular weight is 229 g/mol. The third-order valence-electron chi connectivity index (χ3n) is 2.93. The Morgan fingerprint density at radius 2 is 1.88 bits per heavy atom. The minimum atomic E-state index is -0.501. The fraction of sp³-hybridized carbons (Fsp3) is 0.923. The first-order chi connectivity index (χ1) is 7.60. The molecule has 0 fully saturated rings. The minimum Gasteiger partial charge on any atom is -0.468 e. The summed E-state index contributed by atoms with van der Waals surface area (Å²) < 4.78 is 4.87. The molecule has 0 aromatic rings. The molecule has 0 spiro atoms. The third-order valence-corrected chi connectivity index (χ3v) is 2.93. The molecule has 96 valence electrons. The van der Waals surface area contributed by atoms with Crippen LogP contribution in [-0.2, 0) is 9.53 Å². The number of nitrogens with one attached hydrogen (secondary N) is 1. The molecule has 1 atom stereocenters. The normalized spacial score (nSPS) is 14.5. The molecule has 0 amide bonds. The zero-order valence-electron chi connectivity index (χ0n) is 11.3. The van der Waals surface area contributed by atoms with Gasteiger partial charge in [-0.3, -0.25) is 4.79 Å². The topological polar surface area (TPSA) is 38.3 Å². The minimum absolute atomic E-state index is 0.141. The second-order valence-corrected chi connectivity index (χ2v) is 4.56. The van der Waals surface area contributed by atoms with E-state index in [0.29, 0.717) is 0 Å². The highest BCUT2D eigenvalue weighted by molar-refractivity contribution is 5.80. The van der Waals surface area contributed by atoms with E-state index in [-0.39, 0.29) is 5.97 Å². The number of unbranched alkanes of at least 4 members (excludes halogenated alkanes) is 3. The van der Waals surface area contributed by atoms with E-state index in [4.69, 9.17) is 4.74 Å². The van der Waals surface area contributed by atoms with Crippen molar-refractivity contribution in [3.05, 3.63) is 0 Å². The van der Waals surface area contributed by atoms with Gasteiger partial charge in [-0.2, -0.15) is 0 Å². The Morgan fingerprint density at radius 1 is 1.19 bits per heavy atom. The van der Waals surface area contributed by atoms with E-state index in [1.165, 1.54) is 26.4 Å². The lowest BCUT2D eigenvalue weighted by molar-refractivity contribution is -0.148. The van der Waals surface area contributed by atoms with E-state index in [9.17, 15) is 4.79 Å². The van der Waals surface area contributed by atoms with Crippen molar-refractivity contribution in [3.8, 4) is 0 Å². The quantitative estimate of drug-likeness (QED) is 0.488. The lowest BCUT2D eigenvalue weighted by Gasteiger charge is -2.28. The van der Waals surface area contributed by atoms with E-state index >= 15 is 0 Å². The Kier molecular flexibility index (Phi) is 8.26. The molecule has 0 heterocycles. The Bertz CT molecular complexity index is 194. The summed E-state index contributed by atoms with van der Waals surface area (Å²) in [5.41, 5.74) is -0.501. The van der Waals surface area contributed by atoms with Crippen LogP contribution in [0.4, 0.5) is 0 Å². The summed E-state index contributed by atoms with van der Waals surface area (Å²) in [6, 6.07) is 0. The summed E-state index contributed by atoms with van der Waals surface area (Å²) in [5, 5.41) is 3.30. The van der Waals surface area contributed by atoms with Gasteiger partial charge in [0.1, 0.15) is 5.54 Å². The van der Waals surface area contributed by atoms with Gasteiger partial charge in [0.15, 0.2) is 0 Å². The van der Waals surface area contributed by atoms with Crippen LogP contribution in [0.2, 0.25) is 0 Å². The first-order valence-electron chi connectivity index (χ1n) is 6.44. The second-order valence-electron chi connectivity index (χ2n) is 4.56. The molecule has 0 bridgehead atoms. The zero-order chi connectivity index (χ0) is 12.4. The molecule has 0 aliphatic heterocycles. The fourth-order valence-corrected chi connectivity index (χ4v) is 1.79. The number of hydrogen-bond acceptors (Lipinski definition) is 3. The van der Waals surface area contributed by atoms with Crippen molar-refractivity contribution in [2.24, 2.45) is 0 Å². The van der Waals surface area contributed by atoms with Crippen LogP contribution < -0.4 is 5.32 Å². The smallest absolute Gasteiger partial charge is 0.325 e. The van der Waals surface area contributed by atoms with Crippen molar-refractivity contribution < 1.29 is 9.53 Å². The Balaban J connectivity index is 4.13.